The molecule has 0 saturated carbocycles. The minimum atomic E-state index is -0.733. The third-order valence-electron chi connectivity index (χ3n) is 8.54. The van der Waals surface area contributed by atoms with Crippen molar-refractivity contribution in [3.63, 3.8) is 0 Å². The lowest BCUT2D eigenvalue weighted by Crippen LogP contribution is -2.34. The number of para-hydroxylation sites is 1. The Morgan fingerprint density at radius 2 is 1.30 bits per heavy atom. The molecule has 6 aromatic carbocycles. The van der Waals surface area contributed by atoms with Crippen LogP contribution in [-0.2, 0) is 22.5 Å². The molecule has 0 saturated heterocycles. The summed E-state index contributed by atoms with van der Waals surface area (Å²) in [5.41, 5.74) is 4.15. The first-order chi connectivity index (χ1) is 24.5. The van der Waals surface area contributed by atoms with Gasteiger partial charge in [0.2, 0.25) is 0 Å². The van der Waals surface area contributed by atoms with Crippen LogP contribution in [0, 0.1) is 0 Å². The minimum Gasteiger partial charge on any atom is -0.492 e. The Labute approximate surface area is 292 Å². The molecule has 0 aliphatic rings. The van der Waals surface area contributed by atoms with Gasteiger partial charge in [-0.3, -0.25) is 9.59 Å². The number of hydrogen-bond acceptors (Lipinski definition) is 6. The number of carbonyl (C=O) groups excluding carboxylic acids is 3. The number of amides is 1. The third kappa shape index (κ3) is 8.25. The van der Waals surface area contributed by atoms with Gasteiger partial charge >= 0.3 is 5.97 Å². The second-order valence-electron chi connectivity index (χ2n) is 11.9. The van der Waals surface area contributed by atoms with Crippen LogP contribution in [-0.4, -0.2) is 48.9 Å². The van der Waals surface area contributed by atoms with E-state index in [1.165, 1.54) is 7.11 Å². The number of ether oxygens (including phenoxy) is 2. The van der Waals surface area contributed by atoms with E-state index in [0.29, 0.717) is 54.2 Å². The molecule has 0 aliphatic heterocycles. The maximum Gasteiger partial charge on any atom is 0.328 e. The molecule has 50 heavy (non-hydrogen) atoms. The molecule has 7 heteroatoms. The Hall–Kier alpha value is -6.21. The van der Waals surface area contributed by atoms with Crippen LogP contribution in [0.4, 0.5) is 5.69 Å². The predicted octanol–water partition coefficient (Wildman–Crippen LogP) is 7.99. The minimum absolute atomic E-state index is 0.0574. The van der Waals surface area contributed by atoms with Crippen molar-refractivity contribution in [2.24, 2.45) is 0 Å². The molecule has 6 rings (SSSR count). The molecule has 250 valence electrons. The number of anilines is 1. The molecule has 1 amide bonds. The van der Waals surface area contributed by atoms with Crippen LogP contribution in [0.1, 0.15) is 37.4 Å². The highest BCUT2D eigenvalue weighted by atomic mass is 16.5. The van der Waals surface area contributed by atoms with E-state index in [0.717, 1.165) is 21.9 Å². The van der Waals surface area contributed by atoms with Crippen molar-refractivity contribution in [3.8, 4) is 5.75 Å². The van der Waals surface area contributed by atoms with Crippen molar-refractivity contribution >= 4 is 34.1 Å². The van der Waals surface area contributed by atoms with E-state index in [1.54, 1.807) is 30.3 Å². The number of ketones is 1. The summed E-state index contributed by atoms with van der Waals surface area (Å²) in [6.45, 7) is 1.13. The van der Waals surface area contributed by atoms with Gasteiger partial charge in [0.25, 0.3) is 5.91 Å². The predicted molar refractivity (Wildman–Crippen MR) is 197 cm³/mol. The van der Waals surface area contributed by atoms with E-state index in [9.17, 15) is 14.4 Å². The largest absolute Gasteiger partial charge is 0.492 e. The van der Waals surface area contributed by atoms with Gasteiger partial charge in [-0.25, -0.2) is 4.79 Å². The van der Waals surface area contributed by atoms with Gasteiger partial charge in [-0.15, -0.1) is 0 Å². The number of fused-ring (bicyclic) bond motifs is 1. The standard InChI is InChI=1S/C43H38N2O5/c1-49-43(48)40(44-39-22-11-10-20-38(39)41(46)34-16-6-3-7-17-34)29-31-23-25-35(26-24-31)50-28-27-45(30-32-13-4-2-5-14-32)42(47)37-21-12-18-33-15-8-9-19-36(33)37/h2-26,40,44H,27-30H2,1H3/t40-/m0/s1. The van der Waals surface area contributed by atoms with Crippen LogP contribution < -0.4 is 10.1 Å². The van der Waals surface area contributed by atoms with Crippen molar-refractivity contribution < 1.29 is 23.9 Å². The molecule has 6 aromatic rings. The summed E-state index contributed by atoms with van der Waals surface area (Å²) in [6.07, 6.45) is 0.325. The summed E-state index contributed by atoms with van der Waals surface area (Å²) < 4.78 is 11.2. The monoisotopic (exact) mass is 662 g/mol. The molecule has 1 N–H and O–H groups in total. The van der Waals surface area contributed by atoms with Gasteiger partial charge < -0.3 is 19.7 Å². The van der Waals surface area contributed by atoms with Crippen LogP contribution in [0.5, 0.6) is 5.75 Å². The fourth-order valence-corrected chi connectivity index (χ4v) is 5.94. The molecule has 0 spiro atoms. The number of carbonyl (C=O) groups is 3. The molecule has 0 fully saturated rings. The topological polar surface area (TPSA) is 84.9 Å². The molecular weight excluding hydrogens is 624 g/mol. The molecule has 0 radical (unpaired) electrons. The second-order valence-corrected chi connectivity index (χ2v) is 11.9. The first-order valence-electron chi connectivity index (χ1n) is 16.6. The lowest BCUT2D eigenvalue weighted by Gasteiger charge is -2.24. The Morgan fingerprint density at radius 1 is 0.660 bits per heavy atom. The van der Waals surface area contributed by atoms with Crippen LogP contribution in [0.3, 0.4) is 0 Å². The molecule has 7 nitrogen and oxygen atoms in total. The quantitative estimate of drug-likeness (QED) is 0.0941. The number of benzene rings is 6. The first-order valence-corrected chi connectivity index (χ1v) is 16.6. The zero-order valence-corrected chi connectivity index (χ0v) is 27.8. The van der Waals surface area contributed by atoms with Crippen LogP contribution in [0.2, 0.25) is 0 Å². The summed E-state index contributed by atoms with van der Waals surface area (Å²) >= 11 is 0. The maximum absolute atomic E-state index is 13.9. The van der Waals surface area contributed by atoms with Crippen LogP contribution >= 0.6 is 0 Å². The van der Waals surface area contributed by atoms with Gasteiger partial charge in [0.1, 0.15) is 18.4 Å². The lowest BCUT2D eigenvalue weighted by atomic mass is 10.00. The van der Waals surface area contributed by atoms with Gasteiger partial charge in [-0.05, 0) is 52.2 Å². The molecule has 1 atom stereocenters. The van der Waals surface area contributed by atoms with Crippen molar-refractivity contribution in [2.45, 2.75) is 19.0 Å². The SMILES string of the molecule is COC(=O)[C@H](Cc1ccc(OCCN(Cc2ccccc2)C(=O)c2cccc3ccccc23)cc1)Nc1ccccc1C(=O)c1ccccc1. The Balaban J connectivity index is 1.12. The number of hydrogen-bond donors (Lipinski definition) is 1. The van der Waals surface area contributed by atoms with Gasteiger partial charge in [0.15, 0.2) is 5.78 Å². The number of nitrogens with one attached hydrogen (secondary N) is 1. The summed E-state index contributed by atoms with van der Waals surface area (Å²) in [6, 6.07) is 46.6. The summed E-state index contributed by atoms with van der Waals surface area (Å²) in [4.78, 5) is 41.9. The van der Waals surface area contributed by atoms with E-state index in [4.69, 9.17) is 9.47 Å². The van der Waals surface area contributed by atoms with Gasteiger partial charge in [-0.2, -0.15) is 0 Å². The van der Waals surface area contributed by atoms with E-state index in [-0.39, 0.29) is 11.7 Å². The van der Waals surface area contributed by atoms with E-state index < -0.39 is 12.0 Å². The third-order valence-corrected chi connectivity index (χ3v) is 8.54. The summed E-state index contributed by atoms with van der Waals surface area (Å²) in [7, 11) is 1.35. The first kappa shape index (κ1) is 33.7. The number of esters is 1. The van der Waals surface area contributed by atoms with E-state index in [2.05, 4.69) is 5.32 Å². The summed E-state index contributed by atoms with van der Waals surface area (Å²) in [5, 5.41) is 5.18. The highest BCUT2D eigenvalue weighted by Gasteiger charge is 2.23. The fraction of sp³-hybridized carbons (Fsp3) is 0.140. The van der Waals surface area contributed by atoms with Gasteiger partial charge in [-0.1, -0.05) is 121 Å². The smallest absolute Gasteiger partial charge is 0.328 e. The van der Waals surface area contributed by atoms with Crippen LogP contribution in [0.25, 0.3) is 10.8 Å². The Bertz CT molecular complexity index is 2060. The van der Waals surface area contributed by atoms with Gasteiger partial charge in [0.05, 0.1) is 13.7 Å². The number of methoxy groups -OCH3 is 1. The van der Waals surface area contributed by atoms with Crippen molar-refractivity contribution in [3.05, 3.63) is 179 Å². The zero-order chi connectivity index (χ0) is 34.7. The molecule has 0 bridgehead atoms. The lowest BCUT2D eigenvalue weighted by molar-refractivity contribution is -0.141. The fourth-order valence-electron chi connectivity index (χ4n) is 5.94. The second kappa shape index (κ2) is 16.3. The highest BCUT2D eigenvalue weighted by Crippen LogP contribution is 2.24. The molecule has 0 aromatic heterocycles. The molecule has 0 aliphatic carbocycles. The average molecular weight is 663 g/mol. The van der Waals surface area contributed by atoms with Crippen molar-refractivity contribution in [1.29, 1.82) is 0 Å². The molecule has 0 unspecified atom stereocenters. The van der Waals surface area contributed by atoms with E-state index >= 15 is 0 Å². The van der Waals surface area contributed by atoms with Crippen molar-refractivity contribution in [1.82, 2.24) is 4.90 Å². The zero-order valence-electron chi connectivity index (χ0n) is 27.8. The van der Waals surface area contributed by atoms with Gasteiger partial charge in [0, 0.05) is 35.3 Å². The highest BCUT2D eigenvalue weighted by molar-refractivity contribution is 6.12. The van der Waals surface area contributed by atoms with E-state index in [1.807, 2.05) is 126 Å². The number of rotatable bonds is 14. The summed E-state index contributed by atoms with van der Waals surface area (Å²) in [5.74, 6) is 0.00651. The number of nitrogens with zero attached hydrogens (tertiary/aromatic N) is 1. The normalized spacial score (nSPS) is 11.4. The van der Waals surface area contributed by atoms with Crippen LogP contribution in [0.15, 0.2) is 152 Å². The average Bonchev–Trinajstić information content (AvgIpc) is 3.17. The molecular formula is C43H38N2O5. The Kier molecular flexibility index (Phi) is 11.0. The molecule has 0 heterocycles. The maximum atomic E-state index is 13.9. The Morgan fingerprint density at radius 3 is 2.06 bits per heavy atom. The van der Waals surface area contributed by atoms with Crippen molar-refractivity contribution in [2.75, 3.05) is 25.6 Å².